The van der Waals surface area contributed by atoms with Gasteiger partial charge >= 0.3 is 0 Å². The molecular weight excluding hydrogens is 290 g/mol. The fourth-order valence-electron chi connectivity index (χ4n) is 1.69. The van der Waals surface area contributed by atoms with E-state index in [-0.39, 0.29) is 0 Å². The molecule has 94 valence electrons. The predicted molar refractivity (Wildman–Crippen MR) is 77.7 cm³/mol. The number of benzene rings is 2. The Morgan fingerprint density at radius 1 is 1.00 bits per heavy atom. The zero-order chi connectivity index (χ0) is 12.8. The summed E-state index contributed by atoms with van der Waals surface area (Å²) in [7, 11) is 0. The molecule has 0 radical (unpaired) electrons. The molecule has 0 aliphatic carbocycles. The highest BCUT2D eigenvalue weighted by Gasteiger charge is 1.97. The lowest BCUT2D eigenvalue weighted by Crippen LogP contribution is -2.02. The molecule has 0 bridgehead atoms. The summed E-state index contributed by atoms with van der Waals surface area (Å²) in [6.45, 7) is 1.27. The quantitative estimate of drug-likeness (QED) is 0.917. The first-order valence-electron chi connectivity index (χ1n) is 5.94. The molecule has 3 heteroatoms. The van der Waals surface area contributed by atoms with Crippen LogP contribution in [-0.2, 0) is 13.0 Å². The Morgan fingerprint density at radius 3 is 2.39 bits per heavy atom. The van der Waals surface area contributed by atoms with Gasteiger partial charge in [-0.1, -0.05) is 46.3 Å². The molecule has 2 aromatic rings. The van der Waals surface area contributed by atoms with E-state index in [4.69, 9.17) is 10.5 Å². The van der Waals surface area contributed by atoms with Crippen molar-refractivity contribution >= 4 is 15.9 Å². The van der Waals surface area contributed by atoms with Crippen LogP contribution in [-0.4, -0.2) is 6.54 Å². The zero-order valence-corrected chi connectivity index (χ0v) is 11.7. The average Bonchev–Trinajstić information content (AvgIpc) is 2.38. The van der Waals surface area contributed by atoms with E-state index in [0.717, 1.165) is 22.2 Å². The van der Waals surface area contributed by atoms with E-state index in [1.165, 1.54) is 5.56 Å². The fourth-order valence-corrected chi connectivity index (χ4v) is 2.07. The molecule has 0 aromatic heterocycles. The predicted octanol–water partition coefficient (Wildman–Crippen LogP) is 3.53. The molecule has 0 atom stereocenters. The Morgan fingerprint density at radius 2 is 1.72 bits per heavy atom. The fraction of sp³-hybridized carbons (Fsp3) is 0.200. The van der Waals surface area contributed by atoms with Crippen molar-refractivity contribution in [3.63, 3.8) is 0 Å². The highest BCUT2D eigenvalue weighted by molar-refractivity contribution is 9.10. The van der Waals surface area contributed by atoms with Crippen molar-refractivity contribution in [3.8, 4) is 5.75 Å². The van der Waals surface area contributed by atoms with E-state index in [0.29, 0.717) is 13.2 Å². The standard InChI is InChI=1S/C15H16BrNO/c16-14-2-1-3-15(10-14)18-11-13-6-4-12(5-7-13)8-9-17/h1-7,10H,8-9,11,17H2. The molecule has 0 unspecified atom stereocenters. The number of hydrogen-bond acceptors (Lipinski definition) is 2. The number of halogens is 1. The second-order valence-electron chi connectivity index (χ2n) is 4.10. The maximum absolute atomic E-state index is 5.72. The maximum Gasteiger partial charge on any atom is 0.120 e. The Hall–Kier alpha value is -1.32. The Balaban J connectivity index is 1.93. The van der Waals surface area contributed by atoms with Crippen LogP contribution in [0.2, 0.25) is 0 Å². The minimum Gasteiger partial charge on any atom is -0.489 e. The summed E-state index contributed by atoms with van der Waals surface area (Å²) < 4.78 is 6.74. The molecule has 18 heavy (non-hydrogen) atoms. The molecule has 2 nitrogen and oxygen atoms in total. The summed E-state index contributed by atoms with van der Waals surface area (Å²) in [5.74, 6) is 0.871. The van der Waals surface area contributed by atoms with Crippen molar-refractivity contribution in [2.24, 2.45) is 5.73 Å². The second-order valence-corrected chi connectivity index (χ2v) is 5.02. The molecule has 0 fully saturated rings. The van der Waals surface area contributed by atoms with Crippen molar-refractivity contribution in [1.82, 2.24) is 0 Å². The molecule has 0 saturated heterocycles. The molecule has 2 rings (SSSR count). The lowest BCUT2D eigenvalue weighted by Gasteiger charge is -2.07. The third-order valence-electron chi connectivity index (χ3n) is 2.66. The van der Waals surface area contributed by atoms with Gasteiger partial charge in [-0.3, -0.25) is 0 Å². The summed E-state index contributed by atoms with van der Waals surface area (Å²) >= 11 is 3.42. The lowest BCUT2D eigenvalue weighted by atomic mass is 10.1. The molecule has 0 amide bonds. The summed E-state index contributed by atoms with van der Waals surface area (Å²) in [6, 6.07) is 16.2. The van der Waals surface area contributed by atoms with Crippen molar-refractivity contribution in [1.29, 1.82) is 0 Å². The maximum atomic E-state index is 5.72. The largest absolute Gasteiger partial charge is 0.489 e. The molecule has 0 spiro atoms. The first-order chi connectivity index (χ1) is 8.78. The van der Waals surface area contributed by atoms with Crippen LogP contribution >= 0.6 is 15.9 Å². The van der Waals surface area contributed by atoms with Gasteiger partial charge in [-0.15, -0.1) is 0 Å². The van der Waals surface area contributed by atoms with Gasteiger partial charge < -0.3 is 10.5 Å². The zero-order valence-electron chi connectivity index (χ0n) is 10.1. The van der Waals surface area contributed by atoms with Crippen LogP contribution < -0.4 is 10.5 Å². The van der Waals surface area contributed by atoms with Gasteiger partial charge in [-0.05, 0) is 42.3 Å². The average molecular weight is 306 g/mol. The summed E-state index contributed by atoms with van der Waals surface area (Å²) in [6.07, 6.45) is 0.923. The molecule has 2 aromatic carbocycles. The van der Waals surface area contributed by atoms with Crippen LogP contribution in [0.5, 0.6) is 5.75 Å². The highest BCUT2D eigenvalue weighted by Crippen LogP contribution is 2.19. The Bertz CT molecular complexity index is 496. The summed E-state index contributed by atoms with van der Waals surface area (Å²) in [5, 5.41) is 0. The first kappa shape index (κ1) is 13.1. The first-order valence-corrected chi connectivity index (χ1v) is 6.73. The Labute approximate surface area is 116 Å². The van der Waals surface area contributed by atoms with Gasteiger partial charge in [0.15, 0.2) is 0 Å². The second kappa shape index (κ2) is 6.57. The van der Waals surface area contributed by atoms with Crippen LogP contribution in [0, 0.1) is 0 Å². The molecule has 2 N–H and O–H groups in total. The van der Waals surface area contributed by atoms with Crippen molar-refractivity contribution < 1.29 is 4.74 Å². The van der Waals surface area contributed by atoms with Gasteiger partial charge in [0.2, 0.25) is 0 Å². The highest BCUT2D eigenvalue weighted by atomic mass is 79.9. The van der Waals surface area contributed by atoms with Crippen LogP contribution in [0.1, 0.15) is 11.1 Å². The van der Waals surface area contributed by atoms with Gasteiger partial charge in [-0.2, -0.15) is 0 Å². The van der Waals surface area contributed by atoms with E-state index < -0.39 is 0 Å². The molecule has 0 saturated carbocycles. The lowest BCUT2D eigenvalue weighted by molar-refractivity contribution is 0.306. The smallest absolute Gasteiger partial charge is 0.120 e. The van der Waals surface area contributed by atoms with E-state index in [1.54, 1.807) is 0 Å². The van der Waals surface area contributed by atoms with E-state index in [1.807, 2.05) is 24.3 Å². The minimum atomic E-state index is 0.583. The van der Waals surface area contributed by atoms with Crippen molar-refractivity contribution in [2.45, 2.75) is 13.0 Å². The normalized spacial score (nSPS) is 10.3. The van der Waals surface area contributed by atoms with Gasteiger partial charge in [0.1, 0.15) is 12.4 Å². The van der Waals surface area contributed by atoms with Gasteiger partial charge in [0.05, 0.1) is 0 Å². The number of hydrogen-bond donors (Lipinski definition) is 1. The van der Waals surface area contributed by atoms with Gasteiger partial charge in [-0.25, -0.2) is 0 Å². The number of nitrogens with two attached hydrogens (primary N) is 1. The van der Waals surface area contributed by atoms with Crippen LogP contribution in [0.25, 0.3) is 0 Å². The van der Waals surface area contributed by atoms with E-state index >= 15 is 0 Å². The van der Waals surface area contributed by atoms with Crippen LogP contribution in [0.4, 0.5) is 0 Å². The number of rotatable bonds is 5. The Kier molecular flexibility index (Phi) is 4.79. The van der Waals surface area contributed by atoms with E-state index in [9.17, 15) is 0 Å². The molecule has 0 aliphatic rings. The topological polar surface area (TPSA) is 35.2 Å². The third-order valence-corrected chi connectivity index (χ3v) is 3.15. The molecule has 0 heterocycles. The molecular formula is C15H16BrNO. The molecule has 0 aliphatic heterocycles. The summed E-state index contributed by atoms with van der Waals surface area (Å²) in [4.78, 5) is 0. The van der Waals surface area contributed by atoms with Gasteiger partial charge in [0, 0.05) is 4.47 Å². The van der Waals surface area contributed by atoms with Crippen LogP contribution in [0.15, 0.2) is 53.0 Å². The van der Waals surface area contributed by atoms with Crippen molar-refractivity contribution in [2.75, 3.05) is 6.54 Å². The summed E-state index contributed by atoms with van der Waals surface area (Å²) in [5.41, 5.74) is 7.95. The minimum absolute atomic E-state index is 0.583. The van der Waals surface area contributed by atoms with E-state index in [2.05, 4.69) is 40.2 Å². The van der Waals surface area contributed by atoms with Crippen LogP contribution in [0.3, 0.4) is 0 Å². The van der Waals surface area contributed by atoms with Crippen molar-refractivity contribution in [3.05, 3.63) is 64.1 Å². The SMILES string of the molecule is NCCc1ccc(COc2cccc(Br)c2)cc1. The van der Waals surface area contributed by atoms with Gasteiger partial charge in [0.25, 0.3) is 0 Å². The third kappa shape index (κ3) is 3.86. The monoisotopic (exact) mass is 305 g/mol. The number of ether oxygens (including phenoxy) is 1.